The number of hydrogen-bond donors (Lipinski definition) is 1. The maximum Gasteiger partial charge on any atom is 0.274 e. The number of aryl methyl sites for hydroxylation is 2. The lowest BCUT2D eigenvalue weighted by Gasteiger charge is -2.10. The van der Waals surface area contributed by atoms with Crippen LogP contribution in [0.4, 0.5) is 0 Å². The molecular formula is C26H31BrCl2N4O4. The third-order valence-electron chi connectivity index (χ3n) is 4.99. The number of halogens is 3. The normalized spacial score (nSPS) is 10.5. The van der Waals surface area contributed by atoms with Crippen molar-refractivity contribution in [1.29, 1.82) is 0 Å². The van der Waals surface area contributed by atoms with Crippen molar-refractivity contribution in [3.63, 3.8) is 0 Å². The number of aromatic nitrogens is 4. The summed E-state index contributed by atoms with van der Waals surface area (Å²) in [5.74, 6) is 0.461. The highest BCUT2D eigenvalue weighted by atomic mass is 79.9. The summed E-state index contributed by atoms with van der Waals surface area (Å²) in [5.41, 5.74) is -0.578. The predicted octanol–water partition coefficient (Wildman–Crippen LogP) is 6.01. The molecule has 1 N–H and O–H groups in total. The number of aromatic amines is 1. The second-order valence-electron chi connectivity index (χ2n) is 7.81. The lowest BCUT2D eigenvalue weighted by molar-refractivity contribution is 0.318. The van der Waals surface area contributed by atoms with E-state index in [1.165, 1.54) is 15.4 Å². The van der Waals surface area contributed by atoms with Crippen LogP contribution < -0.4 is 21.4 Å². The number of alkyl halides is 1. The second kappa shape index (κ2) is 15.0. The maximum absolute atomic E-state index is 12.2. The first-order valence-corrected chi connectivity index (χ1v) is 13.9. The van der Waals surface area contributed by atoms with Crippen LogP contribution in [0.2, 0.25) is 10.0 Å². The van der Waals surface area contributed by atoms with Crippen molar-refractivity contribution >= 4 is 60.7 Å². The van der Waals surface area contributed by atoms with Gasteiger partial charge in [-0.05, 0) is 56.2 Å². The Kier molecular flexibility index (Phi) is 12.4. The van der Waals surface area contributed by atoms with Crippen LogP contribution in [0.1, 0.15) is 40.5 Å². The van der Waals surface area contributed by atoms with Gasteiger partial charge in [0, 0.05) is 28.5 Å². The summed E-state index contributed by atoms with van der Waals surface area (Å²) < 4.78 is 8.26. The Morgan fingerprint density at radius 2 is 1.38 bits per heavy atom. The monoisotopic (exact) mass is 612 g/mol. The van der Waals surface area contributed by atoms with Crippen molar-refractivity contribution in [3.05, 3.63) is 77.5 Å². The average Bonchev–Trinajstić information content (AvgIpc) is 2.86. The van der Waals surface area contributed by atoms with Gasteiger partial charge in [0.2, 0.25) is 5.88 Å². The number of H-pyrrole nitrogens is 1. The first-order chi connectivity index (χ1) is 17.7. The fourth-order valence-electron chi connectivity index (χ4n) is 3.49. The molecule has 2 heterocycles. The highest BCUT2D eigenvalue weighted by Crippen LogP contribution is 2.24. The molecule has 0 radical (unpaired) electrons. The molecule has 0 amide bonds. The number of benzene rings is 2. The quantitative estimate of drug-likeness (QED) is 0.268. The van der Waals surface area contributed by atoms with Crippen LogP contribution in [-0.2, 0) is 13.1 Å². The van der Waals surface area contributed by atoms with Crippen molar-refractivity contribution in [1.82, 2.24) is 19.6 Å². The van der Waals surface area contributed by atoms with E-state index >= 15 is 0 Å². The molecule has 0 fully saturated rings. The minimum atomic E-state index is -0.287. The Bertz CT molecular complexity index is 1520. The molecule has 0 aliphatic heterocycles. The molecule has 0 atom stereocenters. The van der Waals surface area contributed by atoms with Crippen molar-refractivity contribution in [2.45, 2.75) is 53.6 Å². The Morgan fingerprint density at radius 3 is 1.92 bits per heavy atom. The minimum Gasteiger partial charge on any atom is -0.477 e. The molecule has 0 bridgehead atoms. The van der Waals surface area contributed by atoms with Crippen LogP contribution >= 0.6 is 39.1 Å². The van der Waals surface area contributed by atoms with Gasteiger partial charge in [-0.1, -0.05) is 59.9 Å². The van der Waals surface area contributed by atoms with Crippen LogP contribution in [0, 0.1) is 0 Å². The smallest absolute Gasteiger partial charge is 0.274 e. The molecular weight excluding hydrogens is 583 g/mol. The van der Waals surface area contributed by atoms with Gasteiger partial charge in [0.05, 0.1) is 28.2 Å². The molecule has 0 saturated carbocycles. The van der Waals surface area contributed by atoms with E-state index in [-0.39, 0.29) is 16.7 Å². The third kappa shape index (κ3) is 7.93. The summed E-state index contributed by atoms with van der Waals surface area (Å²) >= 11 is 14.9. The maximum atomic E-state index is 12.2. The molecule has 0 saturated heterocycles. The average molecular weight is 614 g/mol. The second-order valence-corrected chi connectivity index (χ2v) is 9.81. The predicted molar refractivity (Wildman–Crippen MR) is 156 cm³/mol. The van der Waals surface area contributed by atoms with Crippen LogP contribution in [-0.4, -0.2) is 31.5 Å². The summed E-state index contributed by atoms with van der Waals surface area (Å²) in [7, 11) is 0. The fraction of sp³-hybridized carbons (Fsp3) is 0.385. The molecule has 37 heavy (non-hydrogen) atoms. The van der Waals surface area contributed by atoms with Crippen molar-refractivity contribution < 1.29 is 4.74 Å². The van der Waals surface area contributed by atoms with Crippen molar-refractivity contribution in [2.75, 3.05) is 11.9 Å². The zero-order chi connectivity index (χ0) is 27.5. The molecule has 2 aromatic carbocycles. The van der Waals surface area contributed by atoms with E-state index in [2.05, 4.69) is 26.1 Å². The van der Waals surface area contributed by atoms with Crippen LogP contribution in [0.25, 0.3) is 21.5 Å². The summed E-state index contributed by atoms with van der Waals surface area (Å²) in [6, 6.07) is 9.84. The van der Waals surface area contributed by atoms with Gasteiger partial charge >= 0.3 is 0 Å². The molecule has 11 heteroatoms. The Morgan fingerprint density at radius 1 is 0.838 bits per heavy atom. The summed E-state index contributed by atoms with van der Waals surface area (Å²) in [5, 5.41) is 10.9. The van der Waals surface area contributed by atoms with Gasteiger partial charge in [0.15, 0.2) is 0 Å². The van der Waals surface area contributed by atoms with Crippen LogP contribution in [0.15, 0.2) is 50.8 Å². The highest BCUT2D eigenvalue weighted by molar-refractivity contribution is 9.09. The molecule has 4 aromatic rings. The zero-order valence-electron chi connectivity index (χ0n) is 21.3. The molecule has 0 aliphatic carbocycles. The van der Waals surface area contributed by atoms with Gasteiger partial charge in [-0.25, -0.2) is 9.36 Å². The van der Waals surface area contributed by atoms with Crippen LogP contribution in [0.3, 0.4) is 0 Å². The van der Waals surface area contributed by atoms with E-state index in [0.29, 0.717) is 57.2 Å². The van der Waals surface area contributed by atoms with Crippen molar-refractivity contribution in [2.24, 2.45) is 0 Å². The van der Waals surface area contributed by atoms with E-state index in [4.69, 9.17) is 27.9 Å². The number of rotatable bonds is 6. The lowest BCUT2D eigenvalue weighted by Crippen LogP contribution is -2.29. The third-order valence-corrected chi connectivity index (χ3v) is 5.46. The van der Waals surface area contributed by atoms with Gasteiger partial charge in [-0.2, -0.15) is 0 Å². The van der Waals surface area contributed by atoms with Gasteiger partial charge in [0.25, 0.3) is 16.7 Å². The number of fused-ring (bicyclic) bond motifs is 2. The molecule has 200 valence electrons. The Balaban J connectivity index is 0.000000237. The van der Waals surface area contributed by atoms with Gasteiger partial charge in [-0.15, -0.1) is 5.10 Å². The SMILES string of the molecule is CCBr.CCCn1[nH]c(=O)c2cc(Cl)ccc2c1=O.CCCn1nc(OCC)c2cc(Cl)ccc2c1=O. The largest absolute Gasteiger partial charge is 0.477 e. The molecule has 0 spiro atoms. The fourth-order valence-corrected chi connectivity index (χ4v) is 3.83. The summed E-state index contributed by atoms with van der Waals surface area (Å²) in [4.78, 5) is 35.8. The number of nitrogens with one attached hydrogen (secondary N) is 1. The standard InChI is InChI=1S/C13H15ClN2O2.C11H11ClN2O2.C2H5Br/c1-3-7-16-13(17)10-6-5-9(14)8-11(10)12(15-16)18-4-2;1-2-5-14-11(16)8-4-3-7(12)6-9(8)10(15)13-14;1-2-3/h5-6,8H,3-4,7H2,1-2H3;3-4,6H,2,5H2,1H3,(H,13,15);2H2,1H3. The molecule has 8 nitrogen and oxygen atoms in total. The Hall–Kier alpha value is -2.62. The first kappa shape index (κ1) is 30.6. The zero-order valence-corrected chi connectivity index (χ0v) is 24.4. The van der Waals surface area contributed by atoms with Gasteiger partial charge in [0.1, 0.15) is 0 Å². The minimum absolute atomic E-state index is 0.105. The topological polar surface area (TPSA) is 99.0 Å². The lowest BCUT2D eigenvalue weighted by atomic mass is 10.2. The number of ether oxygens (including phenoxy) is 1. The number of nitrogens with zero attached hydrogens (tertiary/aromatic N) is 3. The summed E-state index contributed by atoms with van der Waals surface area (Å²) in [6.07, 6.45) is 1.63. The van der Waals surface area contributed by atoms with E-state index in [9.17, 15) is 14.4 Å². The first-order valence-electron chi connectivity index (χ1n) is 12.0. The molecule has 0 aliphatic rings. The van der Waals surface area contributed by atoms with E-state index < -0.39 is 0 Å². The van der Waals surface area contributed by atoms with E-state index in [1.54, 1.807) is 30.3 Å². The van der Waals surface area contributed by atoms with Gasteiger partial charge in [-0.3, -0.25) is 19.5 Å². The molecule has 4 rings (SSSR count). The van der Waals surface area contributed by atoms with Crippen molar-refractivity contribution in [3.8, 4) is 5.88 Å². The molecule has 0 unspecified atom stereocenters. The van der Waals surface area contributed by atoms with E-state index in [1.807, 2.05) is 27.7 Å². The summed E-state index contributed by atoms with van der Waals surface area (Å²) in [6.45, 7) is 9.45. The highest BCUT2D eigenvalue weighted by Gasteiger charge is 2.11. The van der Waals surface area contributed by atoms with E-state index in [0.717, 1.165) is 18.2 Å². The molecule has 2 aromatic heterocycles. The van der Waals surface area contributed by atoms with Gasteiger partial charge < -0.3 is 4.74 Å². The Labute approximate surface area is 233 Å². The number of hydrogen-bond acceptors (Lipinski definition) is 5. The van der Waals surface area contributed by atoms with Crippen LogP contribution in [0.5, 0.6) is 5.88 Å².